The number of aromatic nitrogens is 4. The van der Waals surface area contributed by atoms with E-state index in [-0.39, 0.29) is 12.4 Å². The van der Waals surface area contributed by atoms with Gasteiger partial charge in [0.25, 0.3) is 0 Å². The van der Waals surface area contributed by atoms with Crippen molar-refractivity contribution in [3.63, 3.8) is 0 Å². The summed E-state index contributed by atoms with van der Waals surface area (Å²) in [5, 5.41) is 8.81. The van der Waals surface area contributed by atoms with E-state index in [9.17, 15) is 4.39 Å². The molecule has 0 saturated heterocycles. The van der Waals surface area contributed by atoms with Crippen LogP contribution in [0.1, 0.15) is 6.92 Å². The topological polar surface area (TPSA) is 65.1 Å². The zero-order valence-corrected chi connectivity index (χ0v) is 14.1. The maximum Gasteiger partial charge on any atom is 0.123 e. The fourth-order valence-electron chi connectivity index (χ4n) is 2.62. The smallest absolute Gasteiger partial charge is 0.123 e. The third kappa shape index (κ3) is 3.94. The van der Waals surface area contributed by atoms with Crippen molar-refractivity contribution in [3.05, 3.63) is 48.9 Å². The van der Waals surface area contributed by atoms with Gasteiger partial charge in [-0.05, 0) is 31.2 Å². The standard InChI is InChI=1S/C18H21FN4O2/c1-2-22-11-16(20-12-22)18-17(14-3-5-15(19)6-4-14)21-13-23(18)7-9-25-10-8-24/h3-6,11-13,24H,2,7-10H2,1H3. The van der Waals surface area contributed by atoms with Gasteiger partial charge in [-0.1, -0.05) is 0 Å². The van der Waals surface area contributed by atoms with Gasteiger partial charge >= 0.3 is 0 Å². The van der Waals surface area contributed by atoms with Crippen molar-refractivity contribution in [3.8, 4) is 22.6 Å². The van der Waals surface area contributed by atoms with Crippen LogP contribution in [0.25, 0.3) is 22.6 Å². The molecule has 7 heteroatoms. The maximum absolute atomic E-state index is 13.2. The lowest BCUT2D eigenvalue weighted by atomic mass is 10.1. The molecule has 0 spiro atoms. The lowest BCUT2D eigenvalue weighted by Gasteiger charge is -2.09. The summed E-state index contributed by atoms with van der Waals surface area (Å²) in [4.78, 5) is 9.00. The van der Waals surface area contributed by atoms with Gasteiger partial charge in [-0.15, -0.1) is 0 Å². The van der Waals surface area contributed by atoms with Crippen LogP contribution in [0.2, 0.25) is 0 Å². The quantitative estimate of drug-likeness (QED) is 0.638. The normalized spacial score (nSPS) is 11.2. The van der Waals surface area contributed by atoms with Crippen LogP contribution in [0.3, 0.4) is 0 Å². The predicted molar refractivity (Wildman–Crippen MR) is 92.4 cm³/mol. The number of hydrogen-bond donors (Lipinski definition) is 1. The minimum atomic E-state index is -0.280. The fourth-order valence-corrected chi connectivity index (χ4v) is 2.62. The van der Waals surface area contributed by atoms with Crippen molar-refractivity contribution in [1.82, 2.24) is 19.1 Å². The van der Waals surface area contributed by atoms with Crippen LogP contribution in [0.15, 0.2) is 43.1 Å². The Labute approximate surface area is 145 Å². The molecule has 0 atom stereocenters. The highest BCUT2D eigenvalue weighted by atomic mass is 19.1. The van der Waals surface area contributed by atoms with E-state index in [1.165, 1.54) is 12.1 Å². The summed E-state index contributed by atoms with van der Waals surface area (Å²) < 4.78 is 22.6. The summed E-state index contributed by atoms with van der Waals surface area (Å²) in [5.41, 5.74) is 3.26. The highest BCUT2D eigenvalue weighted by Crippen LogP contribution is 2.30. The number of imidazole rings is 2. The molecular formula is C18H21FN4O2. The molecule has 3 rings (SSSR count). The van der Waals surface area contributed by atoms with Crippen molar-refractivity contribution in [1.29, 1.82) is 0 Å². The molecule has 0 bridgehead atoms. The SMILES string of the molecule is CCn1cnc(-c2c(-c3ccc(F)cc3)ncn2CCOCCO)c1. The molecule has 2 aromatic heterocycles. The molecule has 0 radical (unpaired) electrons. The summed E-state index contributed by atoms with van der Waals surface area (Å²) in [5.74, 6) is -0.280. The number of benzene rings is 1. The molecule has 0 unspecified atom stereocenters. The first-order chi connectivity index (χ1) is 12.2. The van der Waals surface area contributed by atoms with Crippen molar-refractivity contribution < 1.29 is 14.2 Å². The van der Waals surface area contributed by atoms with Crippen LogP contribution in [0.4, 0.5) is 4.39 Å². The third-order valence-electron chi connectivity index (χ3n) is 3.91. The first kappa shape index (κ1) is 17.3. The molecule has 0 fully saturated rings. The number of halogens is 1. The van der Waals surface area contributed by atoms with Gasteiger partial charge in [-0.25, -0.2) is 14.4 Å². The Balaban J connectivity index is 1.96. The molecule has 0 aliphatic heterocycles. The summed E-state index contributed by atoms with van der Waals surface area (Å²) in [6.45, 7) is 4.22. The highest BCUT2D eigenvalue weighted by Gasteiger charge is 2.17. The molecule has 0 amide bonds. The Kier molecular flexibility index (Phi) is 5.57. The first-order valence-corrected chi connectivity index (χ1v) is 8.24. The second-order valence-corrected chi connectivity index (χ2v) is 5.57. The number of ether oxygens (including phenoxy) is 1. The fraction of sp³-hybridized carbons (Fsp3) is 0.333. The lowest BCUT2D eigenvalue weighted by Crippen LogP contribution is -2.09. The second-order valence-electron chi connectivity index (χ2n) is 5.57. The highest BCUT2D eigenvalue weighted by molar-refractivity contribution is 5.76. The number of aliphatic hydroxyl groups is 1. The molecule has 0 saturated carbocycles. The zero-order chi connectivity index (χ0) is 17.6. The molecule has 1 aromatic carbocycles. The van der Waals surface area contributed by atoms with Gasteiger partial charge in [-0.3, -0.25) is 0 Å². The Morgan fingerprint density at radius 3 is 2.60 bits per heavy atom. The largest absolute Gasteiger partial charge is 0.394 e. The van der Waals surface area contributed by atoms with E-state index in [1.807, 2.05) is 22.3 Å². The van der Waals surface area contributed by atoms with Crippen LogP contribution in [0.5, 0.6) is 0 Å². The van der Waals surface area contributed by atoms with E-state index in [0.717, 1.165) is 29.2 Å². The van der Waals surface area contributed by atoms with Gasteiger partial charge in [0, 0.05) is 24.8 Å². The summed E-state index contributed by atoms with van der Waals surface area (Å²) in [6.07, 6.45) is 5.49. The molecule has 6 nitrogen and oxygen atoms in total. The summed E-state index contributed by atoms with van der Waals surface area (Å²) in [7, 11) is 0. The van der Waals surface area contributed by atoms with E-state index in [1.54, 1.807) is 24.8 Å². The van der Waals surface area contributed by atoms with Gasteiger partial charge in [0.1, 0.15) is 11.5 Å². The Hall–Kier alpha value is -2.51. The lowest BCUT2D eigenvalue weighted by molar-refractivity contribution is 0.0872. The van der Waals surface area contributed by atoms with Crippen LogP contribution in [-0.2, 0) is 17.8 Å². The first-order valence-electron chi connectivity index (χ1n) is 8.24. The molecule has 25 heavy (non-hydrogen) atoms. The molecule has 3 aromatic rings. The minimum absolute atomic E-state index is 0.00147. The van der Waals surface area contributed by atoms with Crippen molar-refractivity contribution >= 4 is 0 Å². The number of hydrogen-bond acceptors (Lipinski definition) is 4. The minimum Gasteiger partial charge on any atom is -0.394 e. The second kappa shape index (κ2) is 8.04. The van der Waals surface area contributed by atoms with E-state index >= 15 is 0 Å². The van der Waals surface area contributed by atoms with Gasteiger partial charge < -0.3 is 19.0 Å². The Morgan fingerprint density at radius 1 is 1.12 bits per heavy atom. The Morgan fingerprint density at radius 2 is 1.92 bits per heavy atom. The zero-order valence-electron chi connectivity index (χ0n) is 14.1. The third-order valence-corrected chi connectivity index (χ3v) is 3.91. The average molecular weight is 344 g/mol. The van der Waals surface area contributed by atoms with Gasteiger partial charge in [0.15, 0.2) is 0 Å². The molecule has 132 valence electrons. The van der Waals surface area contributed by atoms with Crippen molar-refractivity contribution in [2.45, 2.75) is 20.0 Å². The van der Waals surface area contributed by atoms with Crippen LogP contribution in [-0.4, -0.2) is 44.0 Å². The van der Waals surface area contributed by atoms with Crippen LogP contribution < -0.4 is 0 Å². The molecule has 1 N–H and O–H groups in total. The number of aryl methyl sites for hydroxylation is 1. The van der Waals surface area contributed by atoms with E-state index in [4.69, 9.17) is 9.84 Å². The average Bonchev–Trinajstić information content (AvgIpc) is 3.26. The molecular weight excluding hydrogens is 323 g/mol. The summed E-state index contributed by atoms with van der Waals surface area (Å²) >= 11 is 0. The molecule has 2 heterocycles. The van der Waals surface area contributed by atoms with Crippen LogP contribution in [0, 0.1) is 5.82 Å². The number of nitrogens with zero attached hydrogens (tertiary/aromatic N) is 4. The Bertz CT molecular complexity index is 811. The van der Waals surface area contributed by atoms with E-state index in [2.05, 4.69) is 9.97 Å². The maximum atomic E-state index is 13.2. The van der Waals surface area contributed by atoms with E-state index < -0.39 is 0 Å². The number of rotatable bonds is 8. The molecule has 0 aliphatic carbocycles. The van der Waals surface area contributed by atoms with Crippen LogP contribution >= 0.6 is 0 Å². The van der Waals surface area contributed by atoms with Crippen molar-refractivity contribution in [2.75, 3.05) is 19.8 Å². The number of aliphatic hydroxyl groups excluding tert-OH is 1. The monoisotopic (exact) mass is 344 g/mol. The van der Waals surface area contributed by atoms with E-state index in [0.29, 0.717) is 19.8 Å². The summed E-state index contributed by atoms with van der Waals surface area (Å²) in [6, 6.07) is 6.27. The van der Waals surface area contributed by atoms with Crippen molar-refractivity contribution in [2.24, 2.45) is 0 Å². The van der Waals surface area contributed by atoms with Gasteiger partial charge in [-0.2, -0.15) is 0 Å². The van der Waals surface area contributed by atoms with Gasteiger partial charge in [0.05, 0.1) is 43.9 Å². The van der Waals surface area contributed by atoms with Gasteiger partial charge in [0.2, 0.25) is 0 Å². The predicted octanol–water partition coefficient (Wildman–Crippen LogP) is 2.58. The molecule has 0 aliphatic rings.